The van der Waals surface area contributed by atoms with Crippen LogP contribution >= 0.6 is 12.4 Å². The molecular formula is C17H17ClN4O. The SMILES string of the molecule is Cl.N#Cc1cccc(CC(C(=O)NC(=N)N)c2ccccc2)c1. The molecule has 1 unspecified atom stereocenters. The van der Waals surface area contributed by atoms with E-state index >= 15 is 0 Å². The predicted molar refractivity (Wildman–Crippen MR) is 91.3 cm³/mol. The topological polar surface area (TPSA) is 103 Å². The van der Waals surface area contributed by atoms with E-state index < -0.39 is 5.92 Å². The van der Waals surface area contributed by atoms with Crippen molar-refractivity contribution in [1.82, 2.24) is 5.32 Å². The molecule has 118 valence electrons. The van der Waals surface area contributed by atoms with Gasteiger partial charge < -0.3 is 5.73 Å². The third kappa shape index (κ3) is 5.13. The van der Waals surface area contributed by atoms with Crippen LogP contribution in [0.4, 0.5) is 0 Å². The summed E-state index contributed by atoms with van der Waals surface area (Å²) in [4.78, 5) is 12.3. The number of hydrogen-bond donors (Lipinski definition) is 3. The van der Waals surface area contributed by atoms with Crippen LogP contribution in [0.2, 0.25) is 0 Å². The number of halogens is 1. The zero-order chi connectivity index (χ0) is 15.9. The van der Waals surface area contributed by atoms with Gasteiger partial charge in [-0.1, -0.05) is 42.5 Å². The van der Waals surface area contributed by atoms with Crippen LogP contribution in [0, 0.1) is 16.7 Å². The Bertz CT molecular complexity index is 725. The number of nitrogens with one attached hydrogen (secondary N) is 2. The van der Waals surface area contributed by atoms with Crippen LogP contribution in [-0.4, -0.2) is 11.9 Å². The average Bonchev–Trinajstić information content (AvgIpc) is 2.53. The Kier molecular flexibility index (Phi) is 6.78. The number of rotatable bonds is 4. The second-order valence-corrected chi connectivity index (χ2v) is 4.88. The molecular weight excluding hydrogens is 312 g/mol. The van der Waals surface area contributed by atoms with Gasteiger partial charge in [0, 0.05) is 0 Å². The normalized spacial score (nSPS) is 10.7. The van der Waals surface area contributed by atoms with Crippen LogP contribution in [0.5, 0.6) is 0 Å². The van der Waals surface area contributed by atoms with Crippen LogP contribution in [-0.2, 0) is 11.2 Å². The number of carbonyl (C=O) groups is 1. The first-order chi connectivity index (χ1) is 10.6. The zero-order valence-electron chi connectivity index (χ0n) is 12.3. The van der Waals surface area contributed by atoms with Crippen molar-refractivity contribution in [3.63, 3.8) is 0 Å². The van der Waals surface area contributed by atoms with E-state index in [0.29, 0.717) is 12.0 Å². The smallest absolute Gasteiger partial charge is 0.234 e. The first-order valence-corrected chi connectivity index (χ1v) is 6.79. The fraction of sp³-hybridized carbons (Fsp3) is 0.118. The highest BCUT2D eigenvalue weighted by molar-refractivity contribution is 5.98. The summed E-state index contributed by atoms with van der Waals surface area (Å²) in [6.45, 7) is 0. The molecule has 1 atom stereocenters. The second-order valence-electron chi connectivity index (χ2n) is 4.88. The highest BCUT2D eigenvalue weighted by Crippen LogP contribution is 2.21. The quantitative estimate of drug-likeness (QED) is 0.592. The summed E-state index contributed by atoms with van der Waals surface area (Å²) in [5.41, 5.74) is 7.53. The van der Waals surface area contributed by atoms with Crippen molar-refractivity contribution in [2.24, 2.45) is 5.73 Å². The van der Waals surface area contributed by atoms with Crippen LogP contribution in [0.25, 0.3) is 0 Å². The average molecular weight is 329 g/mol. The maximum absolute atomic E-state index is 12.3. The van der Waals surface area contributed by atoms with Crippen molar-refractivity contribution < 1.29 is 4.79 Å². The molecule has 0 aliphatic rings. The lowest BCUT2D eigenvalue weighted by Gasteiger charge is -2.17. The molecule has 2 aromatic carbocycles. The fourth-order valence-electron chi connectivity index (χ4n) is 2.27. The van der Waals surface area contributed by atoms with Crippen LogP contribution in [0.15, 0.2) is 54.6 Å². The number of nitrogens with zero attached hydrogens (tertiary/aromatic N) is 1. The van der Waals surface area contributed by atoms with Crippen LogP contribution in [0.1, 0.15) is 22.6 Å². The molecule has 0 heterocycles. The van der Waals surface area contributed by atoms with Crippen molar-refractivity contribution in [2.75, 3.05) is 0 Å². The lowest BCUT2D eigenvalue weighted by molar-refractivity contribution is -0.121. The largest absolute Gasteiger partial charge is 0.370 e. The van der Waals surface area contributed by atoms with Gasteiger partial charge in [-0.05, 0) is 29.7 Å². The van der Waals surface area contributed by atoms with Gasteiger partial charge in [0.25, 0.3) is 0 Å². The molecule has 23 heavy (non-hydrogen) atoms. The molecule has 0 saturated heterocycles. The molecule has 0 aromatic heterocycles. The molecule has 0 saturated carbocycles. The third-order valence-corrected chi connectivity index (χ3v) is 3.27. The Labute approximate surface area is 141 Å². The number of benzene rings is 2. The molecule has 0 spiro atoms. The molecule has 6 heteroatoms. The Hall–Kier alpha value is -2.84. The van der Waals surface area contributed by atoms with Gasteiger partial charge in [-0.15, -0.1) is 12.4 Å². The van der Waals surface area contributed by atoms with Gasteiger partial charge in [0.15, 0.2) is 5.96 Å². The standard InChI is InChI=1S/C17H16N4O.ClH/c18-11-13-6-4-5-12(9-13)10-15(16(22)21-17(19)20)14-7-2-1-3-8-14;/h1-9,15H,10H2,(H4,19,20,21,22);1H. The van der Waals surface area contributed by atoms with E-state index in [1.165, 1.54) is 0 Å². The van der Waals surface area contributed by atoms with Crippen LogP contribution < -0.4 is 11.1 Å². The minimum absolute atomic E-state index is 0. The predicted octanol–water partition coefficient (Wildman–Crippen LogP) is 2.32. The third-order valence-electron chi connectivity index (χ3n) is 3.27. The Balaban J connectivity index is 0.00000264. The summed E-state index contributed by atoms with van der Waals surface area (Å²) in [6.07, 6.45) is 0.429. The molecule has 0 bridgehead atoms. The number of hydrogen-bond acceptors (Lipinski definition) is 3. The maximum atomic E-state index is 12.3. The monoisotopic (exact) mass is 328 g/mol. The van der Waals surface area contributed by atoms with E-state index in [4.69, 9.17) is 16.4 Å². The summed E-state index contributed by atoms with van der Waals surface area (Å²) < 4.78 is 0. The summed E-state index contributed by atoms with van der Waals surface area (Å²) in [5, 5.41) is 18.5. The molecule has 0 fully saturated rings. The minimum Gasteiger partial charge on any atom is -0.370 e. The van der Waals surface area contributed by atoms with Gasteiger partial charge in [0.2, 0.25) is 5.91 Å². The molecule has 0 aliphatic heterocycles. The highest BCUT2D eigenvalue weighted by Gasteiger charge is 2.21. The second kappa shape index (κ2) is 8.57. The van der Waals surface area contributed by atoms with Gasteiger partial charge in [0.1, 0.15) is 0 Å². The number of nitriles is 1. The minimum atomic E-state index is -0.473. The molecule has 0 radical (unpaired) electrons. The molecule has 4 N–H and O–H groups in total. The Morgan fingerprint density at radius 2 is 1.91 bits per heavy atom. The molecule has 5 nitrogen and oxygen atoms in total. The van der Waals surface area contributed by atoms with E-state index in [1.807, 2.05) is 36.4 Å². The lowest BCUT2D eigenvalue weighted by Crippen LogP contribution is -2.39. The summed E-state index contributed by atoms with van der Waals surface area (Å²) in [6, 6.07) is 18.5. The number of guanidine groups is 1. The van der Waals surface area contributed by atoms with Crippen molar-refractivity contribution >= 4 is 24.3 Å². The van der Waals surface area contributed by atoms with E-state index in [9.17, 15) is 4.79 Å². The van der Waals surface area contributed by atoms with Crippen molar-refractivity contribution in [3.05, 3.63) is 71.3 Å². The Morgan fingerprint density at radius 1 is 1.22 bits per heavy atom. The summed E-state index contributed by atoms with van der Waals surface area (Å²) >= 11 is 0. The molecule has 0 aliphatic carbocycles. The number of nitrogens with two attached hydrogens (primary N) is 1. The fourth-order valence-corrected chi connectivity index (χ4v) is 2.27. The zero-order valence-corrected chi connectivity index (χ0v) is 13.1. The number of amides is 1. The first-order valence-electron chi connectivity index (χ1n) is 6.79. The van der Waals surface area contributed by atoms with Gasteiger partial charge in [-0.3, -0.25) is 15.5 Å². The summed E-state index contributed by atoms with van der Waals surface area (Å²) in [7, 11) is 0. The lowest BCUT2D eigenvalue weighted by atomic mass is 9.90. The van der Waals surface area contributed by atoms with Gasteiger partial charge in [0.05, 0.1) is 17.6 Å². The van der Waals surface area contributed by atoms with Crippen molar-refractivity contribution in [3.8, 4) is 6.07 Å². The van der Waals surface area contributed by atoms with E-state index in [2.05, 4.69) is 11.4 Å². The number of carbonyl (C=O) groups excluding carboxylic acids is 1. The first kappa shape index (κ1) is 18.2. The van der Waals surface area contributed by atoms with E-state index in [0.717, 1.165) is 11.1 Å². The highest BCUT2D eigenvalue weighted by atomic mass is 35.5. The van der Waals surface area contributed by atoms with Gasteiger partial charge >= 0.3 is 0 Å². The molecule has 1 amide bonds. The van der Waals surface area contributed by atoms with Crippen molar-refractivity contribution in [2.45, 2.75) is 12.3 Å². The van der Waals surface area contributed by atoms with Crippen LogP contribution in [0.3, 0.4) is 0 Å². The maximum Gasteiger partial charge on any atom is 0.234 e. The molecule has 2 rings (SSSR count). The van der Waals surface area contributed by atoms with Gasteiger partial charge in [-0.2, -0.15) is 5.26 Å². The van der Waals surface area contributed by atoms with E-state index in [-0.39, 0.29) is 24.3 Å². The van der Waals surface area contributed by atoms with Crippen molar-refractivity contribution in [1.29, 1.82) is 10.7 Å². The molecule has 2 aromatic rings. The Morgan fingerprint density at radius 3 is 2.52 bits per heavy atom. The van der Waals surface area contributed by atoms with E-state index in [1.54, 1.807) is 18.2 Å². The summed E-state index contributed by atoms with van der Waals surface area (Å²) in [5.74, 6) is -1.18. The van der Waals surface area contributed by atoms with Gasteiger partial charge in [-0.25, -0.2) is 0 Å².